The second kappa shape index (κ2) is 8.31. The summed E-state index contributed by atoms with van der Waals surface area (Å²) in [6.45, 7) is 5.79. The van der Waals surface area contributed by atoms with Crippen LogP contribution in [0.15, 0.2) is 67.0 Å². The number of fused-ring (bicyclic) bond motifs is 1. The first-order valence-corrected chi connectivity index (χ1v) is 9.90. The Labute approximate surface area is 180 Å². The lowest BCUT2D eigenvalue weighted by atomic mass is 10.1. The van der Waals surface area contributed by atoms with Crippen LogP contribution in [0.5, 0.6) is 0 Å². The number of aromatic nitrogens is 2. The fourth-order valence-corrected chi connectivity index (χ4v) is 3.41. The number of hydrogen-bond acceptors (Lipinski definition) is 3. The van der Waals surface area contributed by atoms with Gasteiger partial charge in [-0.2, -0.15) is 0 Å². The van der Waals surface area contributed by atoms with E-state index in [9.17, 15) is 9.59 Å². The molecule has 3 amide bonds. The van der Waals surface area contributed by atoms with Crippen molar-refractivity contribution < 1.29 is 9.59 Å². The number of para-hydroxylation sites is 1. The highest BCUT2D eigenvalue weighted by molar-refractivity contribution is 6.05. The van der Waals surface area contributed by atoms with Crippen LogP contribution in [0.4, 0.5) is 21.9 Å². The Morgan fingerprint density at radius 3 is 2.39 bits per heavy atom. The van der Waals surface area contributed by atoms with Crippen LogP contribution in [0.2, 0.25) is 0 Å². The molecule has 0 radical (unpaired) electrons. The van der Waals surface area contributed by atoms with E-state index in [0.29, 0.717) is 22.7 Å². The summed E-state index contributed by atoms with van der Waals surface area (Å²) in [5.41, 5.74) is 5.95. The Balaban J connectivity index is 1.50. The molecule has 7 heteroatoms. The molecule has 7 nitrogen and oxygen atoms in total. The van der Waals surface area contributed by atoms with Gasteiger partial charge in [-0.1, -0.05) is 30.3 Å². The summed E-state index contributed by atoms with van der Waals surface area (Å²) in [7, 11) is 0. The predicted octanol–water partition coefficient (Wildman–Crippen LogP) is 5.16. The van der Waals surface area contributed by atoms with Crippen LogP contribution in [-0.2, 0) is 0 Å². The number of carbonyl (C=O) groups is 2. The minimum Gasteiger partial charge on any atom is -0.320 e. The van der Waals surface area contributed by atoms with Crippen molar-refractivity contribution in [3.05, 3.63) is 89.4 Å². The third-order valence-electron chi connectivity index (χ3n) is 5.11. The van der Waals surface area contributed by atoms with E-state index in [0.717, 1.165) is 22.4 Å². The number of imidazole rings is 1. The van der Waals surface area contributed by atoms with Crippen LogP contribution >= 0.6 is 0 Å². The van der Waals surface area contributed by atoms with Crippen molar-refractivity contribution in [3.8, 4) is 0 Å². The van der Waals surface area contributed by atoms with Gasteiger partial charge in [-0.3, -0.25) is 9.20 Å². The molecule has 0 spiro atoms. The molecule has 2 aromatic heterocycles. The monoisotopic (exact) mass is 413 g/mol. The standard InChI is InChI=1S/C24H23N5O2/c1-15-10-11-18(26-24(31)28-22-16(2)7-6-8-17(22)3)13-19(15)27-23(30)20-14-25-21-9-4-5-12-29(20)21/h4-14H,1-3H3,(H,27,30)(H2,26,28,31). The van der Waals surface area contributed by atoms with Gasteiger partial charge < -0.3 is 16.0 Å². The second-order valence-electron chi connectivity index (χ2n) is 7.40. The number of hydrogen-bond donors (Lipinski definition) is 3. The summed E-state index contributed by atoms with van der Waals surface area (Å²) >= 11 is 0. The highest BCUT2D eigenvalue weighted by Gasteiger charge is 2.14. The molecule has 31 heavy (non-hydrogen) atoms. The number of pyridine rings is 1. The number of nitrogens with one attached hydrogen (secondary N) is 3. The second-order valence-corrected chi connectivity index (χ2v) is 7.40. The maximum Gasteiger partial charge on any atom is 0.323 e. The number of carbonyl (C=O) groups excluding carboxylic acids is 2. The molecule has 0 aliphatic carbocycles. The smallest absolute Gasteiger partial charge is 0.320 e. The topological polar surface area (TPSA) is 87.5 Å². The third-order valence-corrected chi connectivity index (χ3v) is 5.11. The van der Waals surface area contributed by atoms with Gasteiger partial charge in [0.15, 0.2) is 0 Å². The van der Waals surface area contributed by atoms with Gasteiger partial charge in [-0.25, -0.2) is 9.78 Å². The number of benzene rings is 2. The lowest BCUT2D eigenvalue weighted by molar-refractivity contribution is 0.102. The fraction of sp³-hybridized carbons (Fsp3) is 0.125. The Hall–Kier alpha value is -4.13. The van der Waals surface area contributed by atoms with Gasteiger partial charge in [0.2, 0.25) is 0 Å². The van der Waals surface area contributed by atoms with Crippen molar-refractivity contribution >= 4 is 34.6 Å². The molecule has 0 fully saturated rings. The average molecular weight is 413 g/mol. The quantitative estimate of drug-likeness (QED) is 0.432. The molecule has 4 rings (SSSR count). The first-order chi connectivity index (χ1) is 14.9. The number of amides is 3. The Bertz CT molecular complexity index is 1270. The molecule has 0 unspecified atom stereocenters. The van der Waals surface area contributed by atoms with Crippen molar-refractivity contribution in [1.29, 1.82) is 0 Å². The summed E-state index contributed by atoms with van der Waals surface area (Å²) in [5, 5.41) is 8.64. The van der Waals surface area contributed by atoms with E-state index in [1.807, 2.05) is 63.2 Å². The maximum absolute atomic E-state index is 12.8. The Kier molecular flexibility index (Phi) is 5.41. The highest BCUT2D eigenvalue weighted by Crippen LogP contribution is 2.23. The lowest BCUT2D eigenvalue weighted by Gasteiger charge is -2.14. The first kappa shape index (κ1) is 20.2. The van der Waals surface area contributed by atoms with Gasteiger partial charge in [0.05, 0.1) is 6.20 Å². The first-order valence-electron chi connectivity index (χ1n) is 9.90. The van der Waals surface area contributed by atoms with Gasteiger partial charge in [0, 0.05) is 23.3 Å². The summed E-state index contributed by atoms with van der Waals surface area (Å²) in [6, 6.07) is 16.4. The molecule has 0 aliphatic rings. The largest absolute Gasteiger partial charge is 0.323 e. The molecule has 4 aromatic rings. The van der Waals surface area contributed by atoms with E-state index in [1.165, 1.54) is 0 Å². The van der Waals surface area contributed by atoms with Crippen molar-refractivity contribution in [3.63, 3.8) is 0 Å². The molecule has 2 heterocycles. The zero-order valence-corrected chi connectivity index (χ0v) is 17.6. The number of anilines is 3. The van der Waals surface area contributed by atoms with Gasteiger partial charge in [0.25, 0.3) is 5.91 Å². The SMILES string of the molecule is Cc1ccc(NC(=O)Nc2c(C)cccc2C)cc1NC(=O)c1cnc2ccccn12. The van der Waals surface area contributed by atoms with Crippen LogP contribution in [0, 0.1) is 20.8 Å². The normalized spacial score (nSPS) is 10.7. The average Bonchev–Trinajstić information content (AvgIpc) is 3.17. The van der Waals surface area contributed by atoms with Crippen LogP contribution in [0.25, 0.3) is 5.65 Å². The molecule has 0 atom stereocenters. The van der Waals surface area contributed by atoms with Gasteiger partial charge in [-0.05, 0) is 61.7 Å². The fourth-order valence-electron chi connectivity index (χ4n) is 3.41. The van der Waals surface area contributed by atoms with Crippen LogP contribution in [0.1, 0.15) is 27.2 Å². The van der Waals surface area contributed by atoms with Crippen LogP contribution in [-0.4, -0.2) is 21.3 Å². The third kappa shape index (κ3) is 4.25. The van der Waals surface area contributed by atoms with E-state index in [1.54, 1.807) is 28.9 Å². The molecule has 3 N–H and O–H groups in total. The summed E-state index contributed by atoms with van der Waals surface area (Å²) in [5.74, 6) is -0.279. The highest BCUT2D eigenvalue weighted by atomic mass is 16.2. The predicted molar refractivity (Wildman–Crippen MR) is 123 cm³/mol. The summed E-state index contributed by atoms with van der Waals surface area (Å²) in [6.07, 6.45) is 3.33. The van der Waals surface area contributed by atoms with Gasteiger partial charge in [-0.15, -0.1) is 0 Å². The van der Waals surface area contributed by atoms with Gasteiger partial charge >= 0.3 is 6.03 Å². The van der Waals surface area contributed by atoms with E-state index in [2.05, 4.69) is 20.9 Å². The minimum absolute atomic E-state index is 0.279. The maximum atomic E-state index is 12.8. The Morgan fingerprint density at radius 1 is 0.839 bits per heavy atom. The molecular formula is C24H23N5O2. The van der Waals surface area contributed by atoms with E-state index < -0.39 is 0 Å². The Morgan fingerprint density at radius 2 is 1.61 bits per heavy atom. The minimum atomic E-state index is -0.347. The molecule has 0 bridgehead atoms. The van der Waals surface area contributed by atoms with Crippen molar-refractivity contribution in [2.24, 2.45) is 0 Å². The summed E-state index contributed by atoms with van der Waals surface area (Å²) < 4.78 is 1.73. The lowest BCUT2D eigenvalue weighted by Crippen LogP contribution is -2.21. The molecule has 0 saturated heterocycles. The molecule has 0 aliphatic heterocycles. The van der Waals surface area contributed by atoms with E-state index in [-0.39, 0.29) is 11.9 Å². The molecular weight excluding hydrogens is 390 g/mol. The number of rotatable bonds is 4. The number of aryl methyl sites for hydroxylation is 3. The summed E-state index contributed by atoms with van der Waals surface area (Å²) in [4.78, 5) is 29.6. The molecule has 2 aromatic carbocycles. The molecule has 156 valence electrons. The zero-order valence-electron chi connectivity index (χ0n) is 17.6. The van der Waals surface area contributed by atoms with Crippen molar-refractivity contribution in [2.75, 3.05) is 16.0 Å². The number of urea groups is 1. The van der Waals surface area contributed by atoms with E-state index >= 15 is 0 Å². The zero-order chi connectivity index (χ0) is 22.0. The molecule has 0 saturated carbocycles. The van der Waals surface area contributed by atoms with Gasteiger partial charge in [0.1, 0.15) is 11.3 Å². The van der Waals surface area contributed by atoms with Crippen LogP contribution < -0.4 is 16.0 Å². The van der Waals surface area contributed by atoms with Crippen molar-refractivity contribution in [1.82, 2.24) is 9.38 Å². The van der Waals surface area contributed by atoms with Crippen LogP contribution in [0.3, 0.4) is 0 Å². The van der Waals surface area contributed by atoms with E-state index in [4.69, 9.17) is 0 Å². The number of nitrogens with zero attached hydrogens (tertiary/aromatic N) is 2. The van der Waals surface area contributed by atoms with Crippen molar-refractivity contribution in [2.45, 2.75) is 20.8 Å².